The molecule has 1 saturated heterocycles. The molecule has 1 aliphatic carbocycles. The Hall–Kier alpha value is -1.11. The Kier molecular flexibility index (Phi) is 5.29. The first-order chi connectivity index (χ1) is 12.3. The van der Waals surface area contributed by atoms with Gasteiger partial charge in [0.25, 0.3) is 0 Å². The molecule has 2 aromatic heterocycles. The highest BCUT2D eigenvalue weighted by Crippen LogP contribution is 2.36. The lowest BCUT2D eigenvalue weighted by molar-refractivity contribution is 0.0681. The molecule has 2 aliphatic rings. The third-order valence-corrected chi connectivity index (χ3v) is 5.85. The van der Waals surface area contributed by atoms with E-state index in [1.165, 1.54) is 18.5 Å². The summed E-state index contributed by atoms with van der Waals surface area (Å²) in [4.78, 5) is 2.58. The largest absolute Gasteiger partial charge is 0.381 e. The number of ether oxygens (including phenoxy) is 2. The van der Waals surface area contributed by atoms with E-state index in [1.54, 1.807) is 7.11 Å². The fourth-order valence-electron chi connectivity index (χ4n) is 3.76. The van der Waals surface area contributed by atoms with Crippen molar-refractivity contribution in [1.82, 2.24) is 9.61 Å². The molecule has 0 bridgehead atoms. The first kappa shape index (κ1) is 17.3. The number of nitrogens with zero attached hydrogens (tertiary/aromatic N) is 3. The SMILES string of the molecule is COCc1nn2c(Br)cccc2c1N(CC1CCOCC1)CC1CC1. The molecule has 2 fully saturated rings. The maximum atomic E-state index is 5.55. The molecule has 2 aromatic rings. The van der Waals surface area contributed by atoms with Crippen LogP contribution >= 0.6 is 15.9 Å². The zero-order valence-corrected chi connectivity index (χ0v) is 16.4. The van der Waals surface area contributed by atoms with Crippen molar-refractivity contribution in [2.24, 2.45) is 11.8 Å². The molecule has 25 heavy (non-hydrogen) atoms. The van der Waals surface area contributed by atoms with Gasteiger partial charge in [0.2, 0.25) is 0 Å². The van der Waals surface area contributed by atoms with Gasteiger partial charge in [-0.2, -0.15) is 5.10 Å². The lowest BCUT2D eigenvalue weighted by Gasteiger charge is -2.31. The average molecular weight is 408 g/mol. The molecular formula is C19H26BrN3O2. The van der Waals surface area contributed by atoms with Crippen LogP contribution in [0.1, 0.15) is 31.4 Å². The summed E-state index contributed by atoms with van der Waals surface area (Å²) < 4.78 is 14.0. The van der Waals surface area contributed by atoms with E-state index in [9.17, 15) is 0 Å². The van der Waals surface area contributed by atoms with Crippen LogP contribution in [0.5, 0.6) is 0 Å². The number of hydrogen-bond acceptors (Lipinski definition) is 4. The summed E-state index contributed by atoms with van der Waals surface area (Å²) in [6.07, 6.45) is 5.02. The summed E-state index contributed by atoms with van der Waals surface area (Å²) in [6, 6.07) is 6.28. The number of pyridine rings is 1. The first-order valence-corrected chi connectivity index (χ1v) is 10.0. The third-order valence-electron chi connectivity index (χ3n) is 5.25. The van der Waals surface area contributed by atoms with Crippen LogP contribution in [0.25, 0.3) is 5.52 Å². The smallest absolute Gasteiger partial charge is 0.113 e. The van der Waals surface area contributed by atoms with Gasteiger partial charge >= 0.3 is 0 Å². The molecule has 5 nitrogen and oxygen atoms in total. The van der Waals surface area contributed by atoms with Gasteiger partial charge in [0, 0.05) is 33.4 Å². The number of halogens is 1. The molecule has 6 heteroatoms. The van der Waals surface area contributed by atoms with Crippen molar-refractivity contribution in [2.75, 3.05) is 38.3 Å². The van der Waals surface area contributed by atoms with Crippen molar-refractivity contribution in [3.05, 3.63) is 28.5 Å². The van der Waals surface area contributed by atoms with Crippen molar-refractivity contribution in [3.8, 4) is 0 Å². The predicted octanol–water partition coefficient (Wildman–Crippen LogP) is 3.89. The minimum atomic E-state index is 0.540. The zero-order valence-electron chi connectivity index (χ0n) is 14.8. The summed E-state index contributed by atoms with van der Waals surface area (Å²) in [6.45, 7) is 4.55. The minimum Gasteiger partial charge on any atom is -0.381 e. The highest BCUT2D eigenvalue weighted by molar-refractivity contribution is 9.10. The van der Waals surface area contributed by atoms with E-state index in [0.717, 1.165) is 60.9 Å². The van der Waals surface area contributed by atoms with Crippen molar-refractivity contribution >= 4 is 27.1 Å². The van der Waals surface area contributed by atoms with E-state index >= 15 is 0 Å². The van der Waals surface area contributed by atoms with Crippen LogP contribution in [0.4, 0.5) is 5.69 Å². The summed E-state index contributed by atoms with van der Waals surface area (Å²) >= 11 is 3.63. The van der Waals surface area contributed by atoms with Crippen LogP contribution in [0, 0.1) is 11.8 Å². The van der Waals surface area contributed by atoms with Gasteiger partial charge < -0.3 is 14.4 Å². The number of anilines is 1. The van der Waals surface area contributed by atoms with Crippen LogP contribution in [0.15, 0.2) is 22.8 Å². The van der Waals surface area contributed by atoms with Gasteiger partial charge in [0.15, 0.2) is 0 Å². The van der Waals surface area contributed by atoms with Crippen molar-refractivity contribution < 1.29 is 9.47 Å². The lowest BCUT2D eigenvalue weighted by atomic mass is 9.99. The van der Waals surface area contributed by atoms with E-state index in [4.69, 9.17) is 14.6 Å². The Labute approximate surface area is 157 Å². The predicted molar refractivity (Wildman–Crippen MR) is 102 cm³/mol. The summed E-state index contributed by atoms with van der Waals surface area (Å²) in [7, 11) is 1.74. The molecule has 0 aromatic carbocycles. The van der Waals surface area contributed by atoms with Gasteiger partial charge in [0.1, 0.15) is 10.3 Å². The normalized spacial score (nSPS) is 18.8. The third kappa shape index (κ3) is 3.86. The zero-order chi connectivity index (χ0) is 17.2. The quantitative estimate of drug-likeness (QED) is 0.652. The van der Waals surface area contributed by atoms with E-state index in [1.807, 2.05) is 10.6 Å². The molecule has 0 N–H and O–H groups in total. The Balaban J connectivity index is 1.70. The second-order valence-electron chi connectivity index (χ2n) is 7.28. The fourth-order valence-corrected chi connectivity index (χ4v) is 4.18. The summed E-state index contributed by atoms with van der Waals surface area (Å²) in [5.41, 5.74) is 3.44. The van der Waals surface area contributed by atoms with Crippen LogP contribution in [-0.2, 0) is 16.1 Å². The number of fused-ring (bicyclic) bond motifs is 1. The number of hydrogen-bond donors (Lipinski definition) is 0. The topological polar surface area (TPSA) is 39.0 Å². The van der Waals surface area contributed by atoms with Crippen molar-refractivity contribution in [3.63, 3.8) is 0 Å². The van der Waals surface area contributed by atoms with Crippen LogP contribution in [0.3, 0.4) is 0 Å². The molecule has 4 rings (SSSR count). The minimum absolute atomic E-state index is 0.540. The van der Waals surface area contributed by atoms with Gasteiger partial charge in [-0.25, -0.2) is 4.52 Å². The highest BCUT2D eigenvalue weighted by atomic mass is 79.9. The molecule has 0 atom stereocenters. The van der Waals surface area contributed by atoms with E-state index in [2.05, 4.69) is 33.0 Å². The van der Waals surface area contributed by atoms with E-state index < -0.39 is 0 Å². The molecule has 1 aliphatic heterocycles. The van der Waals surface area contributed by atoms with Gasteiger partial charge in [0.05, 0.1) is 17.8 Å². The van der Waals surface area contributed by atoms with Gasteiger partial charge in [-0.15, -0.1) is 0 Å². The second kappa shape index (κ2) is 7.64. The van der Waals surface area contributed by atoms with Crippen LogP contribution in [-0.4, -0.2) is 43.0 Å². The average Bonchev–Trinajstić information content (AvgIpc) is 3.35. The monoisotopic (exact) mass is 407 g/mol. The first-order valence-electron chi connectivity index (χ1n) is 9.24. The molecule has 0 radical (unpaired) electrons. The Morgan fingerprint density at radius 2 is 1.92 bits per heavy atom. The van der Waals surface area contributed by atoms with E-state index in [-0.39, 0.29) is 0 Å². The molecule has 0 unspecified atom stereocenters. The fraction of sp³-hybridized carbons (Fsp3) is 0.632. The molecule has 0 spiro atoms. The summed E-state index contributed by atoms with van der Waals surface area (Å²) in [5, 5.41) is 4.82. The van der Waals surface area contributed by atoms with Crippen molar-refractivity contribution in [2.45, 2.75) is 32.3 Å². The van der Waals surface area contributed by atoms with Gasteiger partial charge in [-0.3, -0.25) is 0 Å². The maximum absolute atomic E-state index is 5.55. The molecular weight excluding hydrogens is 382 g/mol. The van der Waals surface area contributed by atoms with Gasteiger partial charge in [-0.05, 0) is 65.6 Å². The van der Waals surface area contributed by atoms with Crippen LogP contribution in [0.2, 0.25) is 0 Å². The van der Waals surface area contributed by atoms with E-state index in [0.29, 0.717) is 12.5 Å². The second-order valence-corrected chi connectivity index (χ2v) is 8.09. The lowest BCUT2D eigenvalue weighted by Crippen LogP contribution is -2.34. The maximum Gasteiger partial charge on any atom is 0.113 e. The molecule has 1 saturated carbocycles. The van der Waals surface area contributed by atoms with Crippen molar-refractivity contribution in [1.29, 1.82) is 0 Å². The Morgan fingerprint density at radius 1 is 1.20 bits per heavy atom. The van der Waals surface area contributed by atoms with Gasteiger partial charge in [-0.1, -0.05) is 6.07 Å². The molecule has 136 valence electrons. The Morgan fingerprint density at radius 3 is 2.60 bits per heavy atom. The standard InChI is InChI=1S/C19H26BrN3O2/c1-24-13-16-19(17-3-2-4-18(20)23(17)21-16)22(11-14-5-6-14)12-15-7-9-25-10-8-15/h2-4,14-15H,5-13H2,1H3. The number of methoxy groups -OCH3 is 1. The number of rotatable bonds is 7. The molecule has 3 heterocycles. The van der Waals surface area contributed by atoms with Crippen LogP contribution < -0.4 is 4.90 Å². The Bertz CT molecular complexity index is 723. The summed E-state index contributed by atoms with van der Waals surface area (Å²) in [5.74, 6) is 1.53. The number of aromatic nitrogens is 2. The highest BCUT2D eigenvalue weighted by Gasteiger charge is 2.29. The molecule has 0 amide bonds.